The lowest BCUT2D eigenvalue weighted by atomic mass is 9.90. The summed E-state index contributed by atoms with van der Waals surface area (Å²) in [7, 11) is 0. The van der Waals surface area contributed by atoms with Crippen LogP contribution in [0.3, 0.4) is 0 Å². The highest BCUT2D eigenvalue weighted by Crippen LogP contribution is 2.39. The van der Waals surface area contributed by atoms with Crippen molar-refractivity contribution < 1.29 is 4.79 Å². The van der Waals surface area contributed by atoms with Gasteiger partial charge in [0.25, 0.3) is 0 Å². The third-order valence-corrected chi connectivity index (χ3v) is 5.94. The highest BCUT2D eigenvalue weighted by molar-refractivity contribution is 8.00. The van der Waals surface area contributed by atoms with Gasteiger partial charge in [-0.05, 0) is 36.1 Å². The first kappa shape index (κ1) is 17.1. The zero-order valence-corrected chi connectivity index (χ0v) is 14.8. The molecule has 0 bridgehead atoms. The number of benzene rings is 2. The van der Waals surface area contributed by atoms with Crippen molar-refractivity contribution >= 4 is 17.7 Å². The van der Waals surface area contributed by atoms with Gasteiger partial charge in [-0.3, -0.25) is 4.79 Å². The van der Waals surface area contributed by atoms with Gasteiger partial charge in [0.05, 0.1) is 0 Å². The van der Waals surface area contributed by atoms with Crippen LogP contribution in [0.5, 0.6) is 0 Å². The van der Waals surface area contributed by atoms with Crippen LogP contribution in [0.4, 0.5) is 0 Å². The Morgan fingerprint density at radius 3 is 2.38 bits per heavy atom. The van der Waals surface area contributed by atoms with Crippen LogP contribution in [-0.2, 0) is 4.79 Å². The molecule has 2 aromatic carbocycles. The first-order valence-corrected chi connectivity index (χ1v) is 9.25. The molecule has 0 radical (unpaired) electrons. The molecule has 0 aromatic heterocycles. The Kier molecular flexibility index (Phi) is 5.27. The van der Waals surface area contributed by atoms with Crippen LogP contribution in [0.25, 0.3) is 0 Å². The quantitative estimate of drug-likeness (QED) is 0.844. The lowest BCUT2D eigenvalue weighted by Crippen LogP contribution is -2.36. The van der Waals surface area contributed by atoms with E-state index in [1.807, 2.05) is 53.4 Å². The van der Waals surface area contributed by atoms with E-state index >= 15 is 0 Å². The molecule has 24 heavy (non-hydrogen) atoms. The minimum Gasteiger partial charge on any atom is -0.341 e. The van der Waals surface area contributed by atoms with Crippen LogP contribution in [0.1, 0.15) is 24.2 Å². The van der Waals surface area contributed by atoms with Gasteiger partial charge in [-0.25, -0.2) is 0 Å². The Morgan fingerprint density at radius 1 is 1.17 bits per heavy atom. The first-order valence-electron chi connectivity index (χ1n) is 8.37. The Morgan fingerprint density at radius 2 is 1.79 bits per heavy atom. The fourth-order valence-electron chi connectivity index (χ4n) is 3.07. The van der Waals surface area contributed by atoms with E-state index in [1.54, 1.807) is 11.8 Å². The van der Waals surface area contributed by atoms with E-state index in [0.29, 0.717) is 6.54 Å². The zero-order chi connectivity index (χ0) is 17.0. The van der Waals surface area contributed by atoms with E-state index in [9.17, 15) is 4.79 Å². The highest BCUT2D eigenvalue weighted by Gasteiger charge is 2.37. The highest BCUT2D eigenvalue weighted by atomic mass is 32.2. The number of amides is 1. The molecular weight excluding hydrogens is 316 g/mol. The molecule has 1 amide bonds. The normalized spacial score (nSPS) is 21.7. The topological polar surface area (TPSA) is 46.3 Å². The Balaban J connectivity index is 1.83. The van der Waals surface area contributed by atoms with Crippen LogP contribution in [0.2, 0.25) is 0 Å². The molecule has 0 spiro atoms. The summed E-state index contributed by atoms with van der Waals surface area (Å²) in [5, 5.41) is -0.214. The van der Waals surface area contributed by atoms with E-state index in [-0.39, 0.29) is 16.6 Å². The second-order valence-electron chi connectivity index (χ2n) is 6.75. The Labute approximate surface area is 148 Å². The van der Waals surface area contributed by atoms with E-state index in [4.69, 9.17) is 5.73 Å². The van der Waals surface area contributed by atoms with Crippen LogP contribution >= 0.6 is 11.8 Å². The van der Waals surface area contributed by atoms with Crippen LogP contribution < -0.4 is 5.73 Å². The number of likely N-dealkylation sites (tertiary alicyclic amines) is 1. The van der Waals surface area contributed by atoms with Crippen LogP contribution in [0.15, 0.2) is 65.6 Å². The van der Waals surface area contributed by atoms with Gasteiger partial charge in [-0.15, -0.1) is 11.8 Å². The lowest BCUT2D eigenvalue weighted by molar-refractivity contribution is -0.130. The Hall–Kier alpha value is -1.78. The van der Waals surface area contributed by atoms with Crippen molar-refractivity contribution in [2.24, 2.45) is 11.1 Å². The summed E-state index contributed by atoms with van der Waals surface area (Å²) >= 11 is 1.62. The zero-order valence-electron chi connectivity index (χ0n) is 14.0. The molecule has 1 aliphatic heterocycles. The summed E-state index contributed by atoms with van der Waals surface area (Å²) in [6, 6.07) is 20.2. The SMILES string of the molecule is CC1(CN)CCN(C(=O)C(Sc2ccccc2)c2ccccc2)C1. The molecule has 2 unspecified atom stereocenters. The molecule has 2 atom stereocenters. The van der Waals surface area contributed by atoms with Crippen molar-refractivity contribution in [3.8, 4) is 0 Å². The molecule has 3 nitrogen and oxygen atoms in total. The average molecular weight is 340 g/mol. The number of hydrogen-bond donors (Lipinski definition) is 1. The second-order valence-corrected chi connectivity index (χ2v) is 7.92. The molecule has 126 valence electrons. The van der Waals surface area contributed by atoms with Gasteiger partial charge in [0, 0.05) is 18.0 Å². The van der Waals surface area contributed by atoms with Gasteiger partial charge in [-0.1, -0.05) is 55.5 Å². The van der Waals surface area contributed by atoms with E-state index < -0.39 is 0 Å². The van der Waals surface area contributed by atoms with E-state index in [1.165, 1.54) is 0 Å². The van der Waals surface area contributed by atoms with Gasteiger partial charge in [0.1, 0.15) is 5.25 Å². The third-order valence-electron chi connectivity index (χ3n) is 4.69. The van der Waals surface area contributed by atoms with Crippen LogP contribution in [0, 0.1) is 5.41 Å². The lowest BCUT2D eigenvalue weighted by Gasteiger charge is -2.26. The van der Waals surface area contributed by atoms with E-state index in [2.05, 4.69) is 19.1 Å². The van der Waals surface area contributed by atoms with Gasteiger partial charge >= 0.3 is 0 Å². The molecule has 4 heteroatoms. The van der Waals surface area contributed by atoms with Gasteiger partial charge < -0.3 is 10.6 Å². The molecule has 1 aliphatic rings. The van der Waals surface area contributed by atoms with Gasteiger partial charge in [-0.2, -0.15) is 0 Å². The second kappa shape index (κ2) is 7.41. The fraction of sp³-hybridized carbons (Fsp3) is 0.350. The maximum Gasteiger partial charge on any atom is 0.240 e. The molecule has 2 N–H and O–H groups in total. The van der Waals surface area contributed by atoms with Gasteiger partial charge in [0.2, 0.25) is 5.91 Å². The maximum absolute atomic E-state index is 13.2. The summed E-state index contributed by atoms with van der Waals surface area (Å²) in [4.78, 5) is 16.3. The molecular formula is C20H24N2OS. The predicted molar refractivity (Wildman–Crippen MR) is 99.8 cm³/mol. The number of nitrogens with zero attached hydrogens (tertiary/aromatic N) is 1. The maximum atomic E-state index is 13.2. The van der Waals surface area contributed by atoms with Crippen molar-refractivity contribution in [3.63, 3.8) is 0 Å². The summed E-state index contributed by atoms with van der Waals surface area (Å²) in [6.07, 6.45) is 0.979. The molecule has 2 aromatic rings. The van der Waals surface area contributed by atoms with Crippen molar-refractivity contribution in [3.05, 3.63) is 66.2 Å². The van der Waals surface area contributed by atoms with E-state index in [0.717, 1.165) is 30.0 Å². The average Bonchev–Trinajstić information content (AvgIpc) is 3.04. The van der Waals surface area contributed by atoms with Gasteiger partial charge in [0.15, 0.2) is 0 Å². The summed E-state index contributed by atoms with van der Waals surface area (Å²) < 4.78 is 0. The van der Waals surface area contributed by atoms with Crippen molar-refractivity contribution in [1.29, 1.82) is 0 Å². The minimum atomic E-state index is -0.214. The van der Waals surface area contributed by atoms with Crippen molar-refractivity contribution in [2.45, 2.75) is 23.5 Å². The number of thioether (sulfide) groups is 1. The Bertz CT molecular complexity index is 677. The molecule has 3 rings (SSSR count). The number of carbonyl (C=O) groups excluding carboxylic acids is 1. The molecule has 1 fully saturated rings. The minimum absolute atomic E-state index is 0.0499. The van der Waals surface area contributed by atoms with Crippen LogP contribution in [-0.4, -0.2) is 30.4 Å². The molecule has 1 saturated heterocycles. The summed E-state index contributed by atoms with van der Waals surface area (Å²) in [5.74, 6) is 0.187. The number of rotatable bonds is 5. The predicted octanol–water partition coefficient (Wildman–Crippen LogP) is 3.72. The van der Waals surface area contributed by atoms with Crippen molar-refractivity contribution in [1.82, 2.24) is 4.90 Å². The summed E-state index contributed by atoms with van der Waals surface area (Å²) in [6.45, 7) is 4.34. The fourth-order valence-corrected chi connectivity index (χ4v) is 4.20. The molecule has 1 heterocycles. The monoisotopic (exact) mass is 340 g/mol. The first-order chi connectivity index (χ1) is 11.6. The largest absolute Gasteiger partial charge is 0.341 e. The number of nitrogens with two attached hydrogens (primary N) is 1. The standard InChI is InChI=1S/C20H24N2OS/c1-20(14-21)12-13-22(15-20)19(23)18(16-8-4-2-5-9-16)24-17-10-6-3-7-11-17/h2-11,18H,12-15,21H2,1H3. The smallest absolute Gasteiger partial charge is 0.240 e. The molecule has 0 aliphatic carbocycles. The third kappa shape index (κ3) is 3.82. The number of carbonyl (C=O) groups is 1. The van der Waals surface area contributed by atoms with Crippen molar-refractivity contribution in [2.75, 3.05) is 19.6 Å². The number of hydrogen-bond acceptors (Lipinski definition) is 3. The molecule has 0 saturated carbocycles. The summed E-state index contributed by atoms with van der Waals surface area (Å²) in [5.41, 5.74) is 7.00.